The lowest BCUT2D eigenvalue weighted by Crippen LogP contribution is -2.23. The number of thioether (sulfide) groups is 1. The van der Waals surface area contributed by atoms with Crippen LogP contribution in [0.2, 0.25) is 0 Å². The number of methoxy groups -OCH3 is 1. The number of ether oxygens (including phenoxy) is 1. The highest BCUT2D eigenvalue weighted by atomic mass is 32.2. The minimum Gasteiger partial charge on any atom is -0.465 e. The molecule has 1 fully saturated rings. The van der Waals surface area contributed by atoms with Crippen molar-refractivity contribution in [3.8, 4) is 0 Å². The molecule has 0 atom stereocenters. The maximum Gasteiger partial charge on any atom is 0.337 e. The summed E-state index contributed by atoms with van der Waals surface area (Å²) < 4.78 is 4.79. The molecule has 1 amide bonds. The van der Waals surface area contributed by atoms with Gasteiger partial charge in [-0.25, -0.2) is 9.79 Å². The lowest BCUT2D eigenvalue weighted by atomic mass is 9.96. The highest BCUT2D eigenvalue weighted by Gasteiger charge is 2.30. The summed E-state index contributed by atoms with van der Waals surface area (Å²) in [5.41, 5.74) is 2.01. The van der Waals surface area contributed by atoms with Gasteiger partial charge in [0.2, 0.25) is 0 Å². The van der Waals surface area contributed by atoms with E-state index in [9.17, 15) is 9.59 Å². The summed E-state index contributed by atoms with van der Waals surface area (Å²) in [5, 5.41) is 4.99. The lowest BCUT2D eigenvalue weighted by molar-refractivity contribution is -0.121. The van der Waals surface area contributed by atoms with Crippen molar-refractivity contribution in [2.24, 2.45) is 4.99 Å². The predicted molar refractivity (Wildman–Crippen MR) is 135 cm³/mol. The van der Waals surface area contributed by atoms with Crippen molar-refractivity contribution in [2.75, 3.05) is 14.2 Å². The molecule has 0 unspecified atom stereocenters. The van der Waals surface area contributed by atoms with Crippen molar-refractivity contribution in [1.82, 2.24) is 4.90 Å². The molecule has 0 N–H and O–H groups in total. The summed E-state index contributed by atoms with van der Waals surface area (Å²) in [5.74, 6) is -0.538. The summed E-state index contributed by atoms with van der Waals surface area (Å²) in [4.78, 5) is 31.7. The molecule has 1 heterocycles. The zero-order valence-electron chi connectivity index (χ0n) is 18.1. The Balaban J connectivity index is 1.59. The van der Waals surface area contributed by atoms with Crippen LogP contribution in [-0.2, 0) is 9.53 Å². The van der Waals surface area contributed by atoms with Crippen LogP contribution in [0.1, 0.15) is 15.9 Å². The highest BCUT2D eigenvalue weighted by molar-refractivity contribution is 8.18. The van der Waals surface area contributed by atoms with Crippen LogP contribution in [0.25, 0.3) is 27.6 Å². The van der Waals surface area contributed by atoms with E-state index in [0.717, 1.165) is 27.1 Å². The summed E-state index contributed by atoms with van der Waals surface area (Å²) in [6.45, 7) is 0. The van der Waals surface area contributed by atoms with Gasteiger partial charge < -0.3 is 4.74 Å². The van der Waals surface area contributed by atoms with Crippen molar-refractivity contribution < 1.29 is 14.3 Å². The van der Waals surface area contributed by atoms with Gasteiger partial charge in [-0.3, -0.25) is 9.69 Å². The Kier molecular flexibility index (Phi) is 5.44. The Labute approximate surface area is 195 Å². The Morgan fingerprint density at radius 2 is 1.61 bits per heavy atom. The summed E-state index contributed by atoms with van der Waals surface area (Å²) in [7, 11) is 3.05. The average Bonchev–Trinajstić information content (AvgIpc) is 3.11. The Morgan fingerprint density at radius 3 is 2.27 bits per heavy atom. The molecule has 4 aromatic rings. The van der Waals surface area contributed by atoms with Crippen LogP contribution in [0.4, 0.5) is 5.69 Å². The van der Waals surface area contributed by atoms with Crippen LogP contribution in [0.5, 0.6) is 0 Å². The van der Waals surface area contributed by atoms with Gasteiger partial charge in [0, 0.05) is 7.05 Å². The molecular weight excluding hydrogens is 432 g/mol. The van der Waals surface area contributed by atoms with E-state index >= 15 is 0 Å². The second-order valence-electron chi connectivity index (χ2n) is 7.64. The molecule has 5 rings (SSSR count). The van der Waals surface area contributed by atoms with Gasteiger partial charge >= 0.3 is 5.97 Å². The molecule has 162 valence electrons. The number of hydrogen-bond donors (Lipinski definition) is 0. The summed E-state index contributed by atoms with van der Waals surface area (Å²) in [6, 6.07) is 25.4. The van der Waals surface area contributed by atoms with Gasteiger partial charge in [-0.1, -0.05) is 54.6 Å². The number of amidine groups is 1. The smallest absolute Gasteiger partial charge is 0.337 e. The van der Waals surface area contributed by atoms with E-state index in [4.69, 9.17) is 4.74 Å². The average molecular weight is 453 g/mol. The molecule has 0 saturated carbocycles. The minimum absolute atomic E-state index is 0.111. The van der Waals surface area contributed by atoms with Gasteiger partial charge in [0.05, 0.1) is 23.3 Å². The van der Waals surface area contributed by atoms with Gasteiger partial charge in [-0.2, -0.15) is 0 Å². The molecule has 0 bridgehead atoms. The van der Waals surface area contributed by atoms with Gasteiger partial charge in [-0.05, 0) is 69.2 Å². The van der Waals surface area contributed by atoms with Crippen molar-refractivity contribution in [3.05, 3.63) is 94.9 Å². The third-order valence-electron chi connectivity index (χ3n) is 5.58. The number of carbonyl (C=O) groups excluding carboxylic acids is 2. The second kappa shape index (κ2) is 8.56. The number of amides is 1. The van der Waals surface area contributed by atoms with Crippen molar-refractivity contribution in [3.63, 3.8) is 0 Å². The standard InChI is InChI=1S/C27H20N2O3S/c1-29-25(30)24(33-27(29)28-20-11-7-10-19(15-20)26(31)32-2)16-23-21-12-5-3-8-17(21)14-18-9-4-6-13-22(18)23/h3-16H,1-2H3. The number of esters is 1. The number of carbonyl (C=O) groups is 2. The van der Waals surface area contributed by atoms with Crippen molar-refractivity contribution in [2.45, 2.75) is 0 Å². The monoisotopic (exact) mass is 452 g/mol. The third-order valence-corrected chi connectivity index (χ3v) is 6.64. The summed E-state index contributed by atoms with van der Waals surface area (Å²) >= 11 is 1.32. The molecular formula is C27H20N2O3S. The first kappa shape index (κ1) is 21.0. The van der Waals surface area contributed by atoms with Crippen molar-refractivity contribution in [1.29, 1.82) is 0 Å². The molecule has 1 aliphatic rings. The molecule has 4 aromatic carbocycles. The SMILES string of the molecule is COC(=O)c1cccc(N=C2SC(=Cc3c4ccccc4cc4ccccc34)C(=O)N2C)c1. The van der Waals surface area contributed by atoms with Gasteiger partial charge in [0.25, 0.3) is 5.91 Å². The van der Waals surface area contributed by atoms with Gasteiger partial charge in [0.15, 0.2) is 5.17 Å². The van der Waals surface area contributed by atoms with Gasteiger partial charge in [0.1, 0.15) is 0 Å². The molecule has 6 heteroatoms. The lowest BCUT2D eigenvalue weighted by Gasteiger charge is -2.09. The van der Waals surface area contributed by atoms with Crippen LogP contribution >= 0.6 is 11.8 Å². The number of likely N-dealkylation sites (N-methyl/N-ethyl adjacent to an activating group) is 1. The fourth-order valence-electron chi connectivity index (χ4n) is 3.92. The number of fused-ring (bicyclic) bond motifs is 2. The van der Waals surface area contributed by atoms with E-state index in [1.165, 1.54) is 23.8 Å². The van der Waals surface area contributed by atoms with E-state index < -0.39 is 5.97 Å². The minimum atomic E-state index is -0.427. The normalized spacial score (nSPS) is 16.3. The molecule has 1 saturated heterocycles. The zero-order chi connectivity index (χ0) is 22.9. The van der Waals surface area contributed by atoms with Crippen LogP contribution in [0, 0.1) is 0 Å². The highest BCUT2D eigenvalue weighted by Crippen LogP contribution is 2.37. The maximum absolute atomic E-state index is 13.1. The van der Waals surface area contributed by atoms with Crippen LogP contribution in [0.15, 0.2) is 88.8 Å². The van der Waals surface area contributed by atoms with Gasteiger partial charge in [-0.15, -0.1) is 0 Å². The fraction of sp³-hybridized carbons (Fsp3) is 0.0741. The Morgan fingerprint density at radius 1 is 0.939 bits per heavy atom. The molecule has 0 radical (unpaired) electrons. The van der Waals surface area contributed by atoms with Crippen molar-refractivity contribution >= 4 is 62.1 Å². The van der Waals surface area contributed by atoms with E-state index in [0.29, 0.717) is 21.3 Å². The number of hydrogen-bond acceptors (Lipinski definition) is 5. The van der Waals surface area contributed by atoms with E-state index in [-0.39, 0.29) is 5.91 Å². The fourth-order valence-corrected chi connectivity index (χ4v) is 4.89. The van der Waals surface area contributed by atoms with E-state index in [1.54, 1.807) is 31.3 Å². The largest absolute Gasteiger partial charge is 0.465 e. The number of rotatable bonds is 3. The first-order chi connectivity index (χ1) is 16.0. The predicted octanol–water partition coefficient (Wildman–Crippen LogP) is 6.01. The maximum atomic E-state index is 13.1. The van der Waals surface area contributed by atoms with E-state index in [2.05, 4.69) is 35.3 Å². The molecule has 1 aliphatic heterocycles. The van der Waals surface area contributed by atoms with Crippen LogP contribution in [-0.4, -0.2) is 36.1 Å². The molecule has 0 aliphatic carbocycles. The number of benzene rings is 4. The Hall–Kier alpha value is -3.90. The zero-order valence-corrected chi connectivity index (χ0v) is 18.9. The number of aliphatic imine (C=N–C) groups is 1. The first-order valence-electron chi connectivity index (χ1n) is 10.4. The van der Waals surface area contributed by atoms with E-state index in [1.807, 2.05) is 30.3 Å². The van der Waals surface area contributed by atoms with Crippen LogP contribution in [0.3, 0.4) is 0 Å². The summed E-state index contributed by atoms with van der Waals surface area (Å²) in [6.07, 6.45) is 1.96. The van der Waals surface area contributed by atoms with Crippen LogP contribution < -0.4 is 0 Å². The molecule has 0 aromatic heterocycles. The Bertz CT molecular complexity index is 1440. The quantitative estimate of drug-likeness (QED) is 0.217. The second-order valence-corrected chi connectivity index (χ2v) is 8.65. The topological polar surface area (TPSA) is 59.0 Å². The molecule has 0 spiro atoms. The third kappa shape index (κ3) is 3.90. The number of nitrogens with zero attached hydrogens (tertiary/aromatic N) is 2. The molecule has 5 nitrogen and oxygen atoms in total. The first-order valence-corrected chi connectivity index (χ1v) is 11.2. The molecule has 33 heavy (non-hydrogen) atoms.